The first-order chi connectivity index (χ1) is 9.25. The normalized spacial score (nSPS) is 10.6. The van der Waals surface area contributed by atoms with Gasteiger partial charge in [0.2, 0.25) is 0 Å². The minimum atomic E-state index is 0.609. The molecule has 0 saturated heterocycles. The highest BCUT2D eigenvalue weighted by Gasteiger charge is 2.10. The van der Waals surface area contributed by atoms with Crippen LogP contribution < -0.4 is 5.73 Å². The molecule has 1 aromatic heterocycles. The molecule has 4 heteroatoms. The Kier molecular flexibility index (Phi) is 3.01. The molecule has 0 unspecified atom stereocenters. The Bertz CT molecular complexity index is 704. The molecule has 2 N–H and O–H groups in total. The minimum Gasteiger partial charge on any atom is -0.384 e. The molecule has 0 saturated carbocycles. The fourth-order valence-corrected chi connectivity index (χ4v) is 2.27. The van der Waals surface area contributed by atoms with Crippen LogP contribution in [-0.2, 0) is 0 Å². The predicted octanol–water partition coefficient (Wildman–Crippen LogP) is 3.41. The van der Waals surface area contributed by atoms with Crippen LogP contribution in [0.2, 0.25) is 0 Å². The van der Waals surface area contributed by atoms with Gasteiger partial charge in [0.25, 0.3) is 0 Å². The first-order valence-corrected chi connectivity index (χ1v) is 6.40. The van der Waals surface area contributed by atoms with Gasteiger partial charge in [-0.3, -0.25) is 0 Å². The molecule has 2 aromatic carbocycles. The molecule has 0 amide bonds. The van der Waals surface area contributed by atoms with Crippen molar-refractivity contribution in [1.29, 1.82) is 0 Å². The van der Waals surface area contributed by atoms with Gasteiger partial charge < -0.3 is 5.73 Å². The lowest BCUT2D eigenvalue weighted by Gasteiger charge is -2.03. The Morgan fingerprint density at radius 1 is 0.947 bits per heavy atom. The summed E-state index contributed by atoms with van der Waals surface area (Å²) in [5.41, 5.74) is 8.79. The van der Waals surface area contributed by atoms with Gasteiger partial charge in [0.1, 0.15) is 5.82 Å². The Labute approximate surface area is 117 Å². The van der Waals surface area contributed by atoms with Gasteiger partial charge in [-0.25, -0.2) is 4.68 Å². The Morgan fingerprint density at radius 3 is 2.37 bits per heavy atom. The largest absolute Gasteiger partial charge is 0.384 e. The van der Waals surface area contributed by atoms with Crippen molar-refractivity contribution in [3.05, 3.63) is 60.7 Å². The van der Waals surface area contributed by atoms with Crippen molar-refractivity contribution in [2.45, 2.75) is 4.90 Å². The van der Waals surface area contributed by atoms with E-state index in [1.165, 1.54) is 0 Å². The van der Waals surface area contributed by atoms with Crippen LogP contribution in [0.4, 0.5) is 5.82 Å². The number of thiol groups is 1. The van der Waals surface area contributed by atoms with Crippen molar-refractivity contribution in [1.82, 2.24) is 9.78 Å². The van der Waals surface area contributed by atoms with Gasteiger partial charge in [0.15, 0.2) is 0 Å². The van der Waals surface area contributed by atoms with Crippen molar-refractivity contribution < 1.29 is 0 Å². The maximum Gasteiger partial charge on any atom is 0.127 e. The van der Waals surface area contributed by atoms with E-state index >= 15 is 0 Å². The smallest absolute Gasteiger partial charge is 0.127 e. The van der Waals surface area contributed by atoms with Gasteiger partial charge in [-0.15, -0.1) is 12.6 Å². The van der Waals surface area contributed by atoms with E-state index in [1.54, 1.807) is 4.68 Å². The molecule has 94 valence electrons. The summed E-state index contributed by atoms with van der Waals surface area (Å²) in [6.45, 7) is 0. The molecular formula is C15H13N3S. The second kappa shape index (κ2) is 4.82. The van der Waals surface area contributed by atoms with Gasteiger partial charge in [0.05, 0.1) is 11.4 Å². The lowest BCUT2D eigenvalue weighted by atomic mass is 10.1. The average Bonchev–Trinajstić information content (AvgIpc) is 2.82. The van der Waals surface area contributed by atoms with Crippen molar-refractivity contribution in [3.8, 4) is 16.9 Å². The van der Waals surface area contributed by atoms with Gasteiger partial charge >= 0.3 is 0 Å². The second-order valence-electron chi connectivity index (χ2n) is 4.22. The number of nitrogens with two attached hydrogens (primary N) is 1. The summed E-state index contributed by atoms with van der Waals surface area (Å²) in [6.07, 6.45) is 0. The number of nitrogens with zero attached hydrogens (tertiary/aromatic N) is 2. The van der Waals surface area contributed by atoms with Crippen LogP contribution in [0.25, 0.3) is 16.9 Å². The SMILES string of the molecule is Nc1cc(-c2ccccc2S)nn1-c1ccccc1. The van der Waals surface area contributed by atoms with Crippen molar-refractivity contribution in [3.63, 3.8) is 0 Å². The van der Waals surface area contributed by atoms with E-state index in [2.05, 4.69) is 17.7 Å². The topological polar surface area (TPSA) is 43.8 Å². The number of nitrogen functional groups attached to an aromatic ring is 1. The Balaban J connectivity index is 2.10. The van der Waals surface area contributed by atoms with Gasteiger partial charge in [-0.2, -0.15) is 5.10 Å². The van der Waals surface area contributed by atoms with E-state index in [1.807, 2.05) is 60.7 Å². The molecular weight excluding hydrogens is 254 g/mol. The fourth-order valence-electron chi connectivity index (χ4n) is 1.99. The quantitative estimate of drug-likeness (QED) is 0.699. The zero-order valence-electron chi connectivity index (χ0n) is 10.2. The molecule has 0 aliphatic heterocycles. The highest BCUT2D eigenvalue weighted by Crippen LogP contribution is 2.27. The van der Waals surface area contributed by atoms with Crippen LogP contribution in [-0.4, -0.2) is 9.78 Å². The molecule has 0 radical (unpaired) electrons. The van der Waals surface area contributed by atoms with Gasteiger partial charge in [0, 0.05) is 16.5 Å². The van der Waals surface area contributed by atoms with Crippen LogP contribution in [0.5, 0.6) is 0 Å². The zero-order valence-corrected chi connectivity index (χ0v) is 11.1. The minimum absolute atomic E-state index is 0.609. The van der Waals surface area contributed by atoms with Crippen LogP contribution in [0.3, 0.4) is 0 Å². The third-order valence-electron chi connectivity index (χ3n) is 2.92. The summed E-state index contributed by atoms with van der Waals surface area (Å²) in [5.74, 6) is 0.609. The monoisotopic (exact) mass is 267 g/mol. The van der Waals surface area contributed by atoms with E-state index in [0.29, 0.717) is 5.82 Å². The molecule has 0 atom stereocenters. The summed E-state index contributed by atoms with van der Waals surface area (Å²) in [6, 6.07) is 19.5. The molecule has 0 aliphatic rings. The highest BCUT2D eigenvalue weighted by molar-refractivity contribution is 7.80. The van der Waals surface area contributed by atoms with Crippen LogP contribution in [0.1, 0.15) is 0 Å². The van der Waals surface area contributed by atoms with E-state index in [9.17, 15) is 0 Å². The van der Waals surface area contributed by atoms with Gasteiger partial charge in [-0.05, 0) is 18.2 Å². The Morgan fingerprint density at radius 2 is 1.63 bits per heavy atom. The molecule has 3 nitrogen and oxygen atoms in total. The molecule has 0 aliphatic carbocycles. The van der Waals surface area contributed by atoms with Crippen molar-refractivity contribution >= 4 is 18.4 Å². The maximum atomic E-state index is 6.04. The average molecular weight is 267 g/mol. The van der Waals surface area contributed by atoms with Crippen LogP contribution >= 0.6 is 12.6 Å². The number of para-hydroxylation sites is 1. The number of rotatable bonds is 2. The van der Waals surface area contributed by atoms with Gasteiger partial charge in [-0.1, -0.05) is 36.4 Å². The molecule has 3 rings (SSSR count). The third-order valence-corrected chi connectivity index (χ3v) is 3.31. The summed E-state index contributed by atoms with van der Waals surface area (Å²) in [5, 5.41) is 4.55. The van der Waals surface area contributed by atoms with E-state index < -0.39 is 0 Å². The fraction of sp³-hybridized carbons (Fsp3) is 0. The molecule has 0 spiro atoms. The first kappa shape index (κ1) is 11.9. The number of hydrogen-bond acceptors (Lipinski definition) is 3. The lowest BCUT2D eigenvalue weighted by molar-refractivity contribution is 0.894. The number of benzene rings is 2. The molecule has 19 heavy (non-hydrogen) atoms. The van der Waals surface area contributed by atoms with Crippen LogP contribution in [0, 0.1) is 0 Å². The van der Waals surface area contributed by atoms with E-state index in [0.717, 1.165) is 21.8 Å². The van der Waals surface area contributed by atoms with Crippen molar-refractivity contribution in [2.24, 2.45) is 0 Å². The first-order valence-electron chi connectivity index (χ1n) is 5.95. The second-order valence-corrected chi connectivity index (χ2v) is 4.70. The summed E-state index contributed by atoms with van der Waals surface area (Å²) in [4.78, 5) is 0.889. The van der Waals surface area contributed by atoms with E-state index in [-0.39, 0.29) is 0 Å². The summed E-state index contributed by atoms with van der Waals surface area (Å²) < 4.78 is 1.73. The van der Waals surface area contributed by atoms with Crippen LogP contribution in [0.15, 0.2) is 65.6 Å². The maximum absolute atomic E-state index is 6.04. The number of hydrogen-bond donors (Lipinski definition) is 2. The lowest BCUT2D eigenvalue weighted by Crippen LogP contribution is -2.01. The zero-order chi connectivity index (χ0) is 13.2. The summed E-state index contributed by atoms with van der Waals surface area (Å²) in [7, 11) is 0. The molecule has 0 fully saturated rings. The number of anilines is 1. The van der Waals surface area contributed by atoms with E-state index in [4.69, 9.17) is 5.73 Å². The molecule has 0 bridgehead atoms. The summed E-state index contributed by atoms with van der Waals surface area (Å²) >= 11 is 4.45. The van der Waals surface area contributed by atoms with Crippen molar-refractivity contribution in [2.75, 3.05) is 5.73 Å². The highest BCUT2D eigenvalue weighted by atomic mass is 32.1. The Hall–Kier alpha value is -2.20. The molecule has 1 heterocycles. The standard InChI is InChI=1S/C15H13N3S/c16-15-10-13(12-8-4-5-9-14(12)19)17-18(15)11-6-2-1-3-7-11/h1-10,19H,16H2. The third kappa shape index (κ3) is 2.22. The number of aromatic nitrogens is 2. The molecule has 3 aromatic rings. The predicted molar refractivity (Wildman–Crippen MR) is 80.7 cm³/mol.